The van der Waals surface area contributed by atoms with E-state index in [1.54, 1.807) is 23.3 Å². The summed E-state index contributed by atoms with van der Waals surface area (Å²) in [6, 6.07) is 15.3. The van der Waals surface area contributed by atoms with Gasteiger partial charge in [-0.25, -0.2) is 5.57 Å². The van der Waals surface area contributed by atoms with Crippen LogP contribution in [0.25, 0.3) is 21.9 Å². The third-order valence-corrected chi connectivity index (χ3v) is 5.65. The number of hydrogen-bond donors (Lipinski definition) is 0. The molecule has 3 aromatic carbocycles. The average molecular weight is 615 g/mol. The zero-order valence-electron chi connectivity index (χ0n) is 21.2. The van der Waals surface area contributed by atoms with Crippen LogP contribution in [0.4, 0.5) is 13.2 Å². The molecule has 0 fully saturated rings. The molecule has 0 nitrogen and oxygen atoms in total. The summed E-state index contributed by atoms with van der Waals surface area (Å²) in [5.74, 6) is 0.560. The van der Waals surface area contributed by atoms with Gasteiger partial charge in [0.05, 0.1) is 5.56 Å². The number of alkyl halides is 3. The number of allylic oxidation sites excluding steroid dienone is 4. The van der Waals surface area contributed by atoms with Crippen molar-refractivity contribution in [1.29, 1.82) is 0 Å². The number of hydrogen-bond acceptors (Lipinski definition) is 0. The van der Waals surface area contributed by atoms with Crippen LogP contribution in [0.15, 0.2) is 71.3 Å². The minimum absolute atomic E-state index is 0. The summed E-state index contributed by atoms with van der Waals surface area (Å²) >= 11 is 1.74. The van der Waals surface area contributed by atoms with E-state index in [0.29, 0.717) is 5.92 Å². The SMILES string of the molecule is CC1=[C-]C(C)C(C)=C1C.C[Si](C)=[Zr+2].Cc1cc2c(-c3ccc(C(F)(F)F)cc3)cccc2[cH-]1.[Cl-].[Cl-]. The molecule has 0 amide bonds. The van der Waals surface area contributed by atoms with Crippen LogP contribution in [0.2, 0.25) is 13.1 Å². The van der Waals surface area contributed by atoms with Crippen LogP contribution in [0.1, 0.15) is 38.8 Å². The molecule has 3 aromatic rings. The van der Waals surface area contributed by atoms with E-state index in [1.807, 2.05) is 25.1 Å². The molecule has 1 aliphatic carbocycles. The molecule has 1 aliphatic rings. The first kappa shape index (κ1) is 34.0. The molecule has 0 aliphatic heterocycles. The Morgan fingerprint density at radius 2 is 1.49 bits per heavy atom. The first-order valence-corrected chi connectivity index (χ1v) is 17.1. The Hall–Kier alpha value is -1.00. The van der Waals surface area contributed by atoms with Crippen LogP contribution < -0.4 is 24.8 Å². The van der Waals surface area contributed by atoms with E-state index in [-0.39, 0.29) is 30.2 Å². The Morgan fingerprint density at radius 3 is 1.89 bits per heavy atom. The summed E-state index contributed by atoms with van der Waals surface area (Å²) in [6.07, 6.45) is -0.931. The molecular weight excluding hydrogens is 584 g/mol. The quantitative estimate of drug-likeness (QED) is 0.292. The molecule has 1 atom stereocenters. The van der Waals surface area contributed by atoms with Gasteiger partial charge >= 0.3 is 48.0 Å². The normalized spacial score (nSPS) is 14.6. The zero-order chi connectivity index (χ0) is 24.9. The van der Waals surface area contributed by atoms with Crippen molar-refractivity contribution in [2.45, 2.75) is 53.9 Å². The van der Waals surface area contributed by atoms with E-state index in [1.165, 1.54) is 28.9 Å². The third-order valence-electron chi connectivity index (χ3n) is 5.65. The molecule has 1 unspecified atom stereocenters. The zero-order valence-corrected chi connectivity index (χ0v) is 26.1. The summed E-state index contributed by atoms with van der Waals surface area (Å²) < 4.78 is 37.7. The van der Waals surface area contributed by atoms with E-state index < -0.39 is 11.7 Å². The molecule has 0 bridgehead atoms. The van der Waals surface area contributed by atoms with E-state index in [4.69, 9.17) is 0 Å². The molecule has 0 saturated heterocycles. The Labute approximate surface area is 235 Å². The molecule has 0 N–H and O–H groups in total. The van der Waals surface area contributed by atoms with Crippen LogP contribution in [0.3, 0.4) is 0 Å². The summed E-state index contributed by atoms with van der Waals surface area (Å²) in [6.45, 7) is 15.3. The summed E-state index contributed by atoms with van der Waals surface area (Å²) in [7, 11) is 0. The Balaban J connectivity index is 0.000000649. The molecule has 0 spiro atoms. The van der Waals surface area contributed by atoms with Gasteiger partial charge < -0.3 is 24.8 Å². The maximum absolute atomic E-state index is 12.6. The summed E-state index contributed by atoms with van der Waals surface area (Å²) in [5.41, 5.74) is 6.75. The van der Waals surface area contributed by atoms with Crippen LogP contribution in [-0.4, -0.2) is 5.43 Å². The van der Waals surface area contributed by atoms with Crippen LogP contribution >= 0.6 is 0 Å². The predicted molar refractivity (Wildman–Crippen MR) is 132 cm³/mol. The number of benzene rings is 2. The van der Waals surface area contributed by atoms with Crippen molar-refractivity contribution < 1.29 is 61.3 Å². The second-order valence-electron chi connectivity index (χ2n) is 8.72. The van der Waals surface area contributed by atoms with Gasteiger partial charge in [-0.05, 0) is 17.7 Å². The first-order valence-electron chi connectivity index (χ1n) is 10.9. The van der Waals surface area contributed by atoms with Crippen molar-refractivity contribution in [1.82, 2.24) is 0 Å². The van der Waals surface area contributed by atoms with Gasteiger partial charge in [-0.1, -0.05) is 57.4 Å². The number of halogens is 5. The Kier molecular flexibility index (Phi) is 14.2. The van der Waals surface area contributed by atoms with E-state index in [2.05, 4.69) is 59.0 Å². The summed E-state index contributed by atoms with van der Waals surface area (Å²) in [4.78, 5) is 0. The average Bonchev–Trinajstić information content (AvgIpc) is 3.21. The second kappa shape index (κ2) is 14.7. The van der Waals surface area contributed by atoms with Gasteiger partial charge in [0, 0.05) is 0 Å². The van der Waals surface area contributed by atoms with Gasteiger partial charge in [0.2, 0.25) is 0 Å². The topological polar surface area (TPSA) is 0 Å². The van der Waals surface area contributed by atoms with Crippen LogP contribution in [0.5, 0.6) is 0 Å². The number of rotatable bonds is 1. The van der Waals surface area contributed by atoms with Gasteiger partial charge in [0.15, 0.2) is 0 Å². The molecule has 0 heterocycles. The van der Waals surface area contributed by atoms with Crippen LogP contribution in [-0.2, 0) is 29.5 Å². The maximum atomic E-state index is 12.6. The van der Waals surface area contributed by atoms with Gasteiger partial charge in [0.1, 0.15) is 0 Å². The molecule has 0 saturated carbocycles. The minimum Gasteiger partial charge on any atom is -1.00 e. The van der Waals surface area contributed by atoms with Gasteiger partial charge in [0.25, 0.3) is 0 Å². The van der Waals surface area contributed by atoms with E-state index in [9.17, 15) is 13.2 Å². The molecule has 4 rings (SSSR count). The van der Waals surface area contributed by atoms with Crippen molar-refractivity contribution >= 4 is 16.2 Å². The number of fused-ring (bicyclic) bond motifs is 1. The molecule has 0 radical (unpaired) electrons. The summed E-state index contributed by atoms with van der Waals surface area (Å²) in [5, 5.41) is 2.18. The standard InChI is InChI=1S/C17H12F3.C9H13.C2H6Si.2ClH.Zr/c1-11-9-13-3-2-4-15(16(13)10-11)12-5-7-14(8-6-12)17(18,19)20;1-6-5-7(2)9(4)8(6)3;1-3-2;;;/h2-10H,1H3;6H,1-4H3;1-2H3;2*1H;/q2*-1;;;;+2/p-2. The van der Waals surface area contributed by atoms with Crippen molar-refractivity contribution in [3.8, 4) is 11.1 Å². The van der Waals surface area contributed by atoms with Crippen molar-refractivity contribution in [2.24, 2.45) is 5.92 Å². The van der Waals surface area contributed by atoms with Crippen LogP contribution in [0, 0.1) is 18.9 Å². The maximum Gasteiger partial charge on any atom is 0.416 e. The van der Waals surface area contributed by atoms with Crippen molar-refractivity contribution in [3.05, 3.63) is 88.5 Å². The Bertz CT molecular complexity index is 1190. The first-order chi connectivity index (χ1) is 15.3. The fourth-order valence-corrected chi connectivity index (χ4v) is 3.64. The largest absolute Gasteiger partial charge is 1.00 e. The molecule has 7 heteroatoms. The minimum atomic E-state index is -4.29. The fourth-order valence-electron chi connectivity index (χ4n) is 3.64. The van der Waals surface area contributed by atoms with Gasteiger partial charge in [-0.2, -0.15) is 30.4 Å². The van der Waals surface area contributed by atoms with Gasteiger partial charge in [-0.3, -0.25) is 6.08 Å². The number of aryl methyl sites for hydroxylation is 1. The third kappa shape index (κ3) is 9.76. The molecule has 188 valence electrons. The fraction of sp³-hybridized carbons (Fsp3) is 0.321. The monoisotopic (exact) mass is 612 g/mol. The molecular formula is C28H31Cl2F3SiZr-2. The molecule has 0 aromatic heterocycles. The van der Waals surface area contributed by atoms with Crippen molar-refractivity contribution in [3.63, 3.8) is 0 Å². The smallest absolute Gasteiger partial charge is 0.416 e. The van der Waals surface area contributed by atoms with Crippen molar-refractivity contribution in [2.75, 3.05) is 0 Å². The van der Waals surface area contributed by atoms with Gasteiger partial charge in [-0.15, -0.1) is 41.5 Å². The molecule has 35 heavy (non-hydrogen) atoms. The van der Waals surface area contributed by atoms with E-state index >= 15 is 0 Å². The van der Waals surface area contributed by atoms with E-state index in [0.717, 1.165) is 39.6 Å². The Morgan fingerprint density at radius 1 is 0.943 bits per heavy atom. The predicted octanol–water partition coefficient (Wildman–Crippen LogP) is 3.07. The second-order valence-corrected chi connectivity index (χ2v) is 18.1.